The first kappa shape index (κ1) is 15.8. The maximum atomic E-state index is 5.22. The van der Waals surface area contributed by atoms with E-state index < -0.39 is 0 Å². The van der Waals surface area contributed by atoms with Gasteiger partial charge in [0.05, 0.1) is 20.8 Å². The van der Waals surface area contributed by atoms with Crippen LogP contribution in [0.1, 0.15) is 23.5 Å². The second kappa shape index (κ2) is 8.02. The highest BCUT2D eigenvalue weighted by molar-refractivity contribution is 7.09. The molecular weight excluding hydrogens is 283 g/mol. The van der Waals surface area contributed by atoms with Crippen LogP contribution in [0.3, 0.4) is 0 Å². The molecule has 0 fully saturated rings. The van der Waals surface area contributed by atoms with Gasteiger partial charge in [-0.15, -0.1) is 0 Å². The molecule has 2 aromatic carbocycles. The number of rotatable bonds is 7. The smallest absolute Gasteiger partial charge is 0.118 e. The van der Waals surface area contributed by atoms with Crippen LogP contribution >= 0.6 is 9.47 Å². The maximum Gasteiger partial charge on any atom is 0.118 e. The molecule has 0 aliphatic rings. The molecule has 2 rings (SSSR count). The predicted molar refractivity (Wildman–Crippen MR) is 88.1 cm³/mol. The van der Waals surface area contributed by atoms with Crippen LogP contribution in [0.5, 0.6) is 11.5 Å². The highest BCUT2D eigenvalue weighted by Gasteiger charge is 2.14. The Morgan fingerprint density at radius 2 is 1.24 bits per heavy atom. The van der Waals surface area contributed by atoms with Gasteiger partial charge in [-0.25, -0.2) is 0 Å². The van der Waals surface area contributed by atoms with Gasteiger partial charge < -0.3 is 14.0 Å². The zero-order chi connectivity index (χ0) is 15.1. The van der Waals surface area contributed by atoms with Crippen molar-refractivity contribution in [2.45, 2.75) is 12.3 Å². The molecule has 0 spiro atoms. The zero-order valence-corrected chi connectivity index (χ0v) is 13.6. The van der Waals surface area contributed by atoms with Gasteiger partial charge in [0.15, 0.2) is 0 Å². The molecule has 112 valence electrons. The van der Waals surface area contributed by atoms with Crippen molar-refractivity contribution < 1.29 is 14.0 Å². The van der Waals surface area contributed by atoms with Crippen molar-refractivity contribution in [3.8, 4) is 11.5 Å². The summed E-state index contributed by atoms with van der Waals surface area (Å²) in [6, 6.07) is 16.4. The molecule has 0 bridgehead atoms. The molecule has 3 nitrogen and oxygen atoms in total. The Hall–Kier alpha value is -1.57. The summed E-state index contributed by atoms with van der Waals surface area (Å²) >= 11 is 0. The normalized spacial score (nSPS) is 10.7. The lowest BCUT2D eigenvalue weighted by molar-refractivity contribution is 0.353. The molecule has 1 atom stereocenters. The molecule has 4 heteroatoms. The second-order valence-electron chi connectivity index (χ2n) is 4.76. The van der Waals surface area contributed by atoms with E-state index in [0.29, 0.717) is 12.5 Å². The van der Waals surface area contributed by atoms with Crippen molar-refractivity contribution >= 4 is 9.47 Å². The van der Waals surface area contributed by atoms with Gasteiger partial charge in [0.25, 0.3) is 0 Å². The maximum absolute atomic E-state index is 5.22. The number of hydrogen-bond donors (Lipinski definition) is 0. The minimum Gasteiger partial charge on any atom is -0.497 e. The summed E-state index contributed by atoms with van der Waals surface area (Å²) in [5.74, 6) is 2.03. The van der Waals surface area contributed by atoms with Crippen LogP contribution in [-0.4, -0.2) is 20.8 Å². The van der Waals surface area contributed by atoms with Gasteiger partial charge in [0.2, 0.25) is 0 Å². The topological polar surface area (TPSA) is 27.7 Å². The van der Waals surface area contributed by atoms with Crippen molar-refractivity contribution in [2.24, 2.45) is 0 Å². The zero-order valence-electron chi connectivity index (χ0n) is 12.4. The van der Waals surface area contributed by atoms with Crippen molar-refractivity contribution in [1.82, 2.24) is 0 Å². The van der Waals surface area contributed by atoms with Crippen LogP contribution in [0.2, 0.25) is 0 Å². The van der Waals surface area contributed by atoms with Crippen LogP contribution in [0.25, 0.3) is 0 Å². The average Bonchev–Trinajstić information content (AvgIpc) is 2.56. The second-order valence-corrected chi connectivity index (χ2v) is 5.09. The first-order valence-electron chi connectivity index (χ1n) is 6.88. The highest BCUT2D eigenvalue weighted by Crippen LogP contribution is 2.30. The first-order chi connectivity index (χ1) is 10.3. The standard InChI is InChI=1S/C17H21O3P/c1-18-15-7-3-13(4-8-15)17(11-12-20-21)14-5-9-16(19-2)10-6-14/h3-10,17H,11-12,21H2,1-2H3. The Morgan fingerprint density at radius 3 is 1.57 bits per heavy atom. The monoisotopic (exact) mass is 304 g/mol. The van der Waals surface area contributed by atoms with E-state index in [1.807, 2.05) is 24.3 Å². The number of benzene rings is 2. The van der Waals surface area contributed by atoms with Gasteiger partial charge in [0, 0.05) is 15.4 Å². The molecule has 0 saturated heterocycles. The van der Waals surface area contributed by atoms with Crippen LogP contribution in [0.15, 0.2) is 48.5 Å². The molecule has 1 unspecified atom stereocenters. The Kier molecular flexibility index (Phi) is 6.04. The van der Waals surface area contributed by atoms with E-state index in [-0.39, 0.29) is 0 Å². The fourth-order valence-corrected chi connectivity index (χ4v) is 2.52. The molecule has 0 N–H and O–H groups in total. The highest BCUT2D eigenvalue weighted by atomic mass is 31.0. The predicted octanol–water partition coefficient (Wildman–Crippen LogP) is 4.03. The molecule has 0 saturated carbocycles. The molecule has 0 aliphatic carbocycles. The third kappa shape index (κ3) is 4.20. The molecule has 0 aromatic heterocycles. The van der Waals surface area contributed by atoms with E-state index in [4.69, 9.17) is 14.0 Å². The van der Waals surface area contributed by atoms with E-state index in [0.717, 1.165) is 17.9 Å². The lowest BCUT2D eigenvalue weighted by atomic mass is 9.89. The van der Waals surface area contributed by atoms with Crippen LogP contribution in [0, 0.1) is 0 Å². The lowest BCUT2D eigenvalue weighted by Crippen LogP contribution is -2.04. The van der Waals surface area contributed by atoms with Crippen molar-refractivity contribution in [3.63, 3.8) is 0 Å². The molecule has 0 radical (unpaired) electrons. The fourth-order valence-electron chi connectivity index (χ4n) is 2.38. The number of ether oxygens (including phenoxy) is 2. The van der Waals surface area contributed by atoms with Crippen LogP contribution in [-0.2, 0) is 4.52 Å². The van der Waals surface area contributed by atoms with Gasteiger partial charge in [0.1, 0.15) is 11.5 Å². The van der Waals surface area contributed by atoms with Crippen LogP contribution in [0.4, 0.5) is 0 Å². The molecule has 0 heterocycles. The summed E-state index contributed by atoms with van der Waals surface area (Å²) in [7, 11) is 5.67. The van der Waals surface area contributed by atoms with Crippen LogP contribution < -0.4 is 9.47 Å². The van der Waals surface area contributed by atoms with E-state index in [9.17, 15) is 0 Å². The van der Waals surface area contributed by atoms with Gasteiger partial charge in [-0.2, -0.15) is 0 Å². The summed E-state index contributed by atoms with van der Waals surface area (Å²) in [6.07, 6.45) is 0.919. The van der Waals surface area contributed by atoms with Crippen molar-refractivity contribution in [2.75, 3.05) is 20.8 Å². The molecule has 2 aromatic rings. The number of methoxy groups -OCH3 is 2. The number of hydrogen-bond acceptors (Lipinski definition) is 3. The van der Waals surface area contributed by atoms with E-state index in [1.165, 1.54) is 11.1 Å². The van der Waals surface area contributed by atoms with E-state index in [1.54, 1.807) is 14.2 Å². The molecular formula is C17H21O3P. The van der Waals surface area contributed by atoms with Gasteiger partial charge in [-0.05, 0) is 41.8 Å². The Morgan fingerprint density at radius 1 is 0.810 bits per heavy atom. The summed E-state index contributed by atoms with van der Waals surface area (Å²) in [6.45, 7) is 0.688. The minimum absolute atomic E-state index is 0.294. The molecule has 0 amide bonds. The van der Waals surface area contributed by atoms with Crippen molar-refractivity contribution in [3.05, 3.63) is 59.7 Å². The minimum atomic E-state index is 0.294. The third-order valence-electron chi connectivity index (χ3n) is 3.56. The summed E-state index contributed by atoms with van der Waals surface area (Å²) in [5, 5.41) is 0. The summed E-state index contributed by atoms with van der Waals surface area (Å²) < 4.78 is 15.6. The Labute approximate surface area is 128 Å². The Balaban J connectivity index is 2.26. The van der Waals surface area contributed by atoms with Gasteiger partial charge >= 0.3 is 0 Å². The van der Waals surface area contributed by atoms with E-state index in [2.05, 4.69) is 33.7 Å². The SMILES string of the molecule is COc1ccc(C(CCOP)c2ccc(OC)cc2)cc1. The lowest BCUT2D eigenvalue weighted by Gasteiger charge is -2.18. The van der Waals surface area contributed by atoms with E-state index >= 15 is 0 Å². The third-order valence-corrected chi connectivity index (χ3v) is 3.80. The van der Waals surface area contributed by atoms with Gasteiger partial charge in [-0.1, -0.05) is 24.3 Å². The fraction of sp³-hybridized carbons (Fsp3) is 0.294. The molecule has 21 heavy (non-hydrogen) atoms. The quantitative estimate of drug-likeness (QED) is 0.723. The summed E-state index contributed by atoms with van der Waals surface area (Å²) in [5.41, 5.74) is 2.51. The van der Waals surface area contributed by atoms with Gasteiger partial charge in [-0.3, -0.25) is 0 Å². The Bertz CT molecular complexity index is 489. The summed E-state index contributed by atoms with van der Waals surface area (Å²) in [4.78, 5) is 0. The average molecular weight is 304 g/mol. The van der Waals surface area contributed by atoms with Crippen molar-refractivity contribution in [1.29, 1.82) is 0 Å². The largest absolute Gasteiger partial charge is 0.497 e. The molecule has 0 aliphatic heterocycles. The first-order valence-corrected chi connectivity index (χ1v) is 7.35.